The predicted octanol–water partition coefficient (Wildman–Crippen LogP) is 1.87. The van der Waals surface area contributed by atoms with Crippen LogP contribution in [0.4, 0.5) is 13.2 Å². The lowest BCUT2D eigenvalue weighted by molar-refractivity contribution is -0.170. The van der Waals surface area contributed by atoms with E-state index >= 15 is 0 Å². The second kappa shape index (κ2) is 5.95. The molecule has 0 aliphatic rings. The zero-order valence-electron chi connectivity index (χ0n) is 9.02. The molecule has 90 valence electrons. The quantitative estimate of drug-likeness (QED) is 0.729. The molecule has 0 aromatic rings. The van der Waals surface area contributed by atoms with Crippen LogP contribution in [-0.4, -0.2) is 30.8 Å². The van der Waals surface area contributed by atoms with Crippen molar-refractivity contribution in [1.29, 1.82) is 0 Å². The van der Waals surface area contributed by atoms with E-state index in [4.69, 9.17) is 0 Å². The molecule has 0 heterocycles. The van der Waals surface area contributed by atoms with Crippen LogP contribution in [0.15, 0.2) is 0 Å². The lowest BCUT2D eigenvalue weighted by Gasteiger charge is -2.22. The van der Waals surface area contributed by atoms with Gasteiger partial charge in [0, 0.05) is 6.04 Å². The van der Waals surface area contributed by atoms with Crippen LogP contribution in [0.3, 0.4) is 0 Å². The Morgan fingerprint density at radius 2 is 1.93 bits per heavy atom. The fourth-order valence-electron chi connectivity index (χ4n) is 1.06. The van der Waals surface area contributed by atoms with Gasteiger partial charge in [0.05, 0.1) is 13.0 Å². The van der Waals surface area contributed by atoms with Crippen molar-refractivity contribution >= 4 is 5.97 Å². The van der Waals surface area contributed by atoms with Crippen molar-refractivity contribution in [2.45, 2.75) is 45.5 Å². The molecule has 0 rings (SSSR count). The Morgan fingerprint density at radius 1 is 1.40 bits per heavy atom. The molecule has 0 aromatic carbocycles. The van der Waals surface area contributed by atoms with Gasteiger partial charge in [-0.2, -0.15) is 13.2 Å². The molecule has 1 unspecified atom stereocenters. The summed E-state index contributed by atoms with van der Waals surface area (Å²) >= 11 is 0. The van der Waals surface area contributed by atoms with Crippen molar-refractivity contribution in [1.82, 2.24) is 5.32 Å². The third-order valence-corrected chi connectivity index (χ3v) is 1.61. The molecular weight excluding hydrogens is 211 g/mol. The van der Waals surface area contributed by atoms with E-state index in [0.29, 0.717) is 0 Å². The summed E-state index contributed by atoms with van der Waals surface area (Å²) in [6, 6.07) is -2.18. The van der Waals surface area contributed by atoms with Gasteiger partial charge in [0.25, 0.3) is 0 Å². The van der Waals surface area contributed by atoms with Gasteiger partial charge in [-0.05, 0) is 6.92 Å². The van der Waals surface area contributed by atoms with Crippen molar-refractivity contribution in [3.05, 3.63) is 0 Å². The van der Waals surface area contributed by atoms with E-state index in [-0.39, 0.29) is 12.6 Å². The fraction of sp³-hybridized carbons (Fsp3) is 0.889. The molecule has 0 amide bonds. The fourth-order valence-corrected chi connectivity index (χ4v) is 1.06. The average Bonchev–Trinajstić information content (AvgIpc) is 2.00. The molecule has 0 fully saturated rings. The van der Waals surface area contributed by atoms with Crippen LogP contribution in [0.1, 0.15) is 27.2 Å². The first-order valence-corrected chi connectivity index (χ1v) is 4.75. The summed E-state index contributed by atoms with van der Waals surface area (Å²) in [4.78, 5) is 10.9. The minimum absolute atomic E-state index is 0.0884. The minimum Gasteiger partial charge on any atom is -0.466 e. The first-order chi connectivity index (χ1) is 6.77. The lowest BCUT2D eigenvalue weighted by atomic mass is 10.2. The van der Waals surface area contributed by atoms with Gasteiger partial charge in [0.15, 0.2) is 0 Å². The molecule has 6 heteroatoms. The zero-order chi connectivity index (χ0) is 12.1. The topological polar surface area (TPSA) is 38.3 Å². The van der Waals surface area contributed by atoms with Gasteiger partial charge in [0.2, 0.25) is 0 Å². The Kier molecular flexibility index (Phi) is 5.64. The number of alkyl halides is 3. The molecule has 3 nitrogen and oxygen atoms in total. The van der Waals surface area contributed by atoms with Crippen LogP contribution in [0.2, 0.25) is 0 Å². The van der Waals surface area contributed by atoms with Gasteiger partial charge in [-0.15, -0.1) is 0 Å². The van der Waals surface area contributed by atoms with Crippen LogP contribution < -0.4 is 5.32 Å². The summed E-state index contributed by atoms with van der Waals surface area (Å²) in [5, 5.41) is 2.28. The number of ether oxygens (including phenoxy) is 1. The summed E-state index contributed by atoms with van der Waals surface area (Å²) in [6.45, 7) is 4.81. The Hall–Kier alpha value is -0.780. The number of rotatable bonds is 5. The van der Waals surface area contributed by atoms with Gasteiger partial charge in [-0.3, -0.25) is 4.79 Å². The number of esters is 1. The van der Waals surface area contributed by atoms with Crippen LogP contribution in [0, 0.1) is 0 Å². The molecular formula is C9H16F3NO2. The van der Waals surface area contributed by atoms with E-state index in [9.17, 15) is 18.0 Å². The van der Waals surface area contributed by atoms with E-state index in [1.165, 1.54) is 0 Å². The molecule has 0 saturated carbocycles. The number of nitrogens with one attached hydrogen (secondary N) is 1. The number of hydrogen-bond acceptors (Lipinski definition) is 3. The summed E-state index contributed by atoms with van der Waals surface area (Å²) in [6.07, 6.45) is -5.12. The molecule has 0 bridgehead atoms. The molecule has 0 radical (unpaired) electrons. The summed E-state index contributed by atoms with van der Waals surface area (Å²) < 4.78 is 41.7. The first kappa shape index (κ1) is 14.2. The maximum atomic E-state index is 12.4. The molecule has 15 heavy (non-hydrogen) atoms. The summed E-state index contributed by atoms with van der Waals surface area (Å²) in [5.74, 6) is -0.840. The van der Waals surface area contributed by atoms with Crippen molar-refractivity contribution < 1.29 is 22.7 Å². The molecule has 1 atom stereocenters. The number of halogens is 3. The van der Waals surface area contributed by atoms with E-state index in [1.54, 1.807) is 20.8 Å². The second-order valence-electron chi connectivity index (χ2n) is 3.42. The SMILES string of the molecule is CCOC(=O)CC(NC(C)C)C(F)(F)F. The highest BCUT2D eigenvalue weighted by Gasteiger charge is 2.41. The number of hydrogen-bond donors (Lipinski definition) is 1. The third kappa shape index (κ3) is 6.33. The largest absolute Gasteiger partial charge is 0.466 e. The van der Waals surface area contributed by atoms with Gasteiger partial charge in [-0.1, -0.05) is 13.8 Å². The standard InChI is InChI=1S/C9H16F3NO2/c1-4-15-8(14)5-7(9(10,11)12)13-6(2)3/h6-7,13H,4-5H2,1-3H3. The van der Waals surface area contributed by atoms with Crippen LogP contribution >= 0.6 is 0 Å². The van der Waals surface area contributed by atoms with E-state index in [1.807, 2.05) is 0 Å². The minimum atomic E-state index is -4.43. The van der Waals surface area contributed by atoms with Crippen molar-refractivity contribution in [3.63, 3.8) is 0 Å². The van der Waals surface area contributed by atoms with Crippen molar-refractivity contribution in [3.8, 4) is 0 Å². The van der Waals surface area contributed by atoms with Crippen molar-refractivity contribution in [2.75, 3.05) is 6.61 Å². The zero-order valence-corrected chi connectivity index (χ0v) is 9.02. The smallest absolute Gasteiger partial charge is 0.404 e. The molecule has 0 aliphatic carbocycles. The predicted molar refractivity (Wildman–Crippen MR) is 49.4 cm³/mol. The molecule has 0 saturated heterocycles. The first-order valence-electron chi connectivity index (χ1n) is 4.75. The lowest BCUT2D eigenvalue weighted by Crippen LogP contribution is -2.46. The highest BCUT2D eigenvalue weighted by Crippen LogP contribution is 2.23. The maximum absolute atomic E-state index is 12.4. The van der Waals surface area contributed by atoms with Gasteiger partial charge in [0.1, 0.15) is 6.04 Å². The normalized spacial score (nSPS) is 14.1. The average molecular weight is 227 g/mol. The highest BCUT2D eigenvalue weighted by molar-refractivity contribution is 5.70. The van der Waals surface area contributed by atoms with Gasteiger partial charge in [-0.25, -0.2) is 0 Å². The Labute approximate surface area is 87.0 Å². The van der Waals surface area contributed by atoms with Gasteiger partial charge < -0.3 is 10.1 Å². The number of carbonyl (C=O) groups excluding carboxylic acids is 1. The molecule has 0 aromatic heterocycles. The Balaban J connectivity index is 4.32. The van der Waals surface area contributed by atoms with E-state index < -0.39 is 24.6 Å². The van der Waals surface area contributed by atoms with E-state index in [2.05, 4.69) is 10.1 Å². The third-order valence-electron chi connectivity index (χ3n) is 1.61. The monoisotopic (exact) mass is 227 g/mol. The summed E-state index contributed by atoms with van der Waals surface area (Å²) in [7, 11) is 0. The maximum Gasteiger partial charge on any atom is 0.404 e. The van der Waals surface area contributed by atoms with Crippen molar-refractivity contribution in [2.24, 2.45) is 0 Å². The summed E-state index contributed by atoms with van der Waals surface area (Å²) in [5.41, 5.74) is 0. The molecule has 0 spiro atoms. The molecule has 1 N–H and O–H groups in total. The van der Waals surface area contributed by atoms with Gasteiger partial charge >= 0.3 is 12.1 Å². The Morgan fingerprint density at radius 3 is 2.27 bits per heavy atom. The Bertz CT molecular complexity index is 204. The van der Waals surface area contributed by atoms with Crippen LogP contribution in [-0.2, 0) is 9.53 Å². The van der Waals surface area contributed by atoms with Crippen LogP contribution in [0.5, 0.6) is 0 Å². The van der Waals surface area contributed by atoms with E-state index in [0.717, 1.165) is 0 Å². The molecule has 0 aliphatic heterocycles. The second-order valence-corrected chi connectivity index (χ2v) is 3.42. The highest BCUT2D eigenvalue weighted by atomic mass is 19.4. The number of carbonyl (C=O) groups is 1. The van der Waals surface area contributed by atoms with Crippen LogP contribution in [0.25, 0.3) is 0 Å².